The Labute approximate surface area is 149 Å². The van der Waals surface area contributed by atoms with Crippen molar-refractivity contribution in [3.63, 3.8) is 0 Å². The molecular weight excluding hydrogens is 338 g/mol. The lowest BCUT2D eigenvalue weighted by atomic mass is 10.2. The van der Waals surface area contributed by atoms with Crippen molar-refractivity contribution in [3.8, 4) is 10.8 Å². The predicted molar refractivity (Wildman–Crippen MR) is 102 cm³/mol. The minimum atomic E-state index is 0.377. The fraction of sp³-hybridized carbons (Fsp3) is 0.176. The first-order valence-corrected chi connectivity index (χ1v) is 8.83. The molecule has 0 aliphatic rings. The number of hydrogen-bond acceptors (Lipinski definition) is 5. The van der Waals surface area contributed by atoms with Gasteiger partial charge in [-0.25, -0.2) is 10.1 Å². The highest BCUT2D eigenvalue weighted by Crippen LogP contribution is 2.25. The molecule has 0 unspecified atom stereocenters. The summed E-state index contributed by atoms with van der Waals surface area (Å²) in [6.45, 7) is 4.23. The summed E-state index contributed by atoms with van der Waals surface area (Å²) in [5.74, 6) is 1.00. The van der Waals surface area contributed by atoms with Gasteiger partial charge in [0.05, 0.1) is 5.69 Å². The van der Waals surface area contributed by atoms with Gasteiger partial charge in [0.15, 0.2) is 5.01 Å². The van der Waals surface area contributed by atoms with Crippen LogP contribution in [-0.4, -0.2) is 26.1 Å². The lowest BCUT2D eigenvalue weighted by Crippen LogP contribution is -1.94. The third-order valence-electron chi connectivity index (χ3n) is 3.31. The Morgan fingerprint density at radius 2 is 2.08 bits per heavy atom. The molecule has 0 aliphatic heterocycles. The first kappa shape index (κ1) is 16.5. The molecule has 0 aliphatic carbocycles. The zero-order valence-corrected chi connectivity index (χ0v) is 15.0. The zero-order chi connectivity index (χ0) is 16.9. The van der Waals surface area contributed by atoms with Gasteiger partial charge in [-0.3, -0.25) is 0 Å². The molecule has 24 heavy (non-hydrogen) atoms. The van der Waals surface area contributed by atoms with Crippen molar-refractivity contribution in [1.82, 2.24) is 19.9 Å². The Hall–Kier alpha value is -2.38. The lowest BCUT2D eigenvalue weighted by Gasteiger charge is -1.98. The molecule has 1 N–H and O–H groups in total. The molecule has 0 atom stereocenters. The van der Waals surface area contributed by atoms with E-state index in [9.17, 15) is 0 Å². The summed E-state index contributed by atoms with van der Waals surface area (Å²) in [5, 5.41) is 14.3. The first-order valence-electron chi connectivity index (χ1n) is 7.54. The Kier molecular flexibility index (Phi) is 5.12. The fourth-order valence-corrected chi connectivity index (χ4v) is 3.15. The van der Waals surface area contributed by atoms with Gasteiger partial charge in [0.1, 0.15) is 0 Å². The summed E-state index contributed by atoms with van der Waals surface area (Å²) in [4.78, 5) is 4.61. The number of aromatic nitrogens is 4. The number of rotatable bonds is 5. The highest BCUT2D eigenvalue weighted by molar-refractivity contribution is 7.71. The summed E-state index contributed by atoms with van der Waals surface area (Å²) < 4.78 is 2.03. The number of nitrogens with one attached hydrogen (secondary N) is 1. The third-order valence-corrected chi connectivity index (χ3v) is 4.43. The lowest BCUT2D eigenvalue weighted by molar-refractivity contribution is 0.828. The van der Waals surface area contributed by atoms with E-state index in [4.69, 9.17) is 12.2 Å². The highest BCUT2D eigenvalue weighted by Gasteiger charge is 2.13. The number of nitrogens with zero attached hydrogens (tertiary/aromatic N) is 4. The summed E-state index contributed by atoms with van der Waals surface area (Å²) in [6.07, 6.45) is 5.54. The van der Waals surface area contributed by atoms with Gasteiger partial charge in [0.2, 0.25) is 10.6 Å². The molecule has 122 valence electrons. The minimum Gasteiger partial charge on any atom is -0.250 e. The van der Waals surface area contributed by atoms with Crippen molar-refractivity contribution in [2.24, 2.45) is 5.10 Å². The van der Waals surface area contributed by atoms with Crippen LogP contribution in [-0.2, 0) is 0 Å². The summed E-state index contributed by atoms with van der Waals surface area (Å²) in [6, 6.07) is 10.0. The van der Waals surface area contributed by atoms with Crippen LogP contribution in [0.3, 0.4) is 0 Å². The summed E-state index contributed by atoms with van der Waals surface area (Å²) in [5.41, 5.74) is 2.16. The van der Waals surface area contributed by atoms with Gasteiger partial charge in [-0.1, -0.05) is 50.3 Å². The van der Waals surface area contributed by atoms with Crippen LogP contribution in [0, 0.1) is 4.77 Å². The summed E-state index contributed by atoms with van der Waals surface area (Å²) >= 11 is 6.80. The van der Waals surface area contributed by atoms with E-state index in [-0.39, 0.29) is 0 Å². The van der Waals surface area contributed by atoms with E-state index in [2.05, 4.69) is 34.1 Å². The van der Waals surface area contributed by atoms with E-state index < -0.39 is 0 Å². The maximum absolute atomic E-state index is 5.26. The standard InChI is InChI=1S/C17H17N5S2/c1-12(2)14-11-24-16(19-14)15-20-21-17(23)22(15)18-10-6-9-13-7-4-3-5-8-13/h3-12H,1-2H3,(H,21,23)/b9-6+,18-10+. The molecule has 2 heterocycles. The average molecular weight is 355 g/mol. The first-order chi connectivity index (χ1) is 11.6. The van der Waals surface area contributed by atoms with Gasteiger partial charge in [0, 0.05) is 11.6 Å². The number of benzene rings is 1. The van der Waals surface area contributed by atoms with Crippen LogP contribution in [0.1, 0.15) is 31.0 Å². The van der Waals surface area contributed by atoms with Crippen LogP contribution in [0.2, 0.25) is 0 Å². The van der Waals surface area contributed by atoms with Gasteiger partial charge in [-0.15, -0.1) is 16.4 Å². The van der Waals surface area contributed by atoms with Crippen molar-refractivity contribution >= 4 is 35.8 Å². The number of allylic oxidation sites excluding steroid dienone is 1. The smallest absolute Gasteiger partial charge is 0.216 e. The van der Waals surface area contributed by atoms with E-state index in [0.717, 1.165) is 16.3 Å². The molecule has 1 aromatic carbocycles. The monoisotopic (exact) mass is 355 g/mol. The van der Waals surface area contributed by atoms with Gasteiger partial charge < -0.3 is 0 Å². The Morgan fingerprint density at radius 1 is 1.29 bits per heavy atom. The van der Waals surface area contributed by atoms with Gasteiger partial charge >= 0.3 is 0 Å². The molecule has 5 nitrogen and oxygen atoms in total. The maximum Gasteiger partial charge on any atom is 0.216 e. The second-order valence-corrected chi connectivity index (χ2v) is 6.68. The molecule has 2 aromatic heterocycles. The third kappa shape index (κ3) is 3.74. The molecular formula is C17H17N5S2. The number of aromatic amines is 1. The molecule has 0 radical (unpaired) electrons. The van der Waals surface area contributed by atoms with E-state index >= 15 is 0 Å². The number of hydrogen-bond donors (Lipinski definition) is 1. The maximum atomic E-state index is 5.26. The van der Waals surface area contributed by atoms with Crippen molar-refractivity contribution in [1.29, 1.82) is 0 Å². The minimum absolute atomic E-state index is 0.377. The predicted octanol–water partition coefficient (Wildman–Crippen LogP) is 4.73. The second-order valence-electron chi connectivity index (χ2n) is 5.43. The largest absolute Gasteiger partial charge is 0.250 e. The molecule has 7 heteroatoms. The quantitative estimate of drug-likeness (QED) is 0.531. The Balaban J connectivity index is 1.83. The molecule has 0 saturated heterocycles. The molecule has 0 bridgehead atoms. The average Bonchev–Trinajstić information content (AvgIpc) is 3.20. The van der Waals surface area contributed by atoms with Crippen LogP contribution >= 0.6 is 23.6 Å². The van der Waals surface area contributed by atoms with Crippen molar-refractivity contribution in [3.05, 3.63) is 57.8 Å². The Morgan fingerprint density at radius 3 is 2.79 bits per heavy atom. The normalized spacial score (nSPS) is 12.0. The van der Waals surface area contributed by atoms with E-state index in [0.29, 0.717) is 16.5 Å². The van der Waals surface area contributed by atoms with E-state index in [1.165, 1.54) is 0 Å². The van der Waals surface area contributed by atoms with E-state index in [1.807, 2.05) is 47.9 Å². The van der Waals surface area contributed by atoms with Gasteiger partial charge in [-0.05, 0) is 29.8 Å². The zero-order valence-electron chi connectivity index (χ0n) is 13.4. The van der Waals surface area contributed by atoms with Crippen molar-refractivity contribution < 1.29 is 0 Å². The van der Waals surface area contributed by atoms with Gasteiger partial charge in [0.25, 0.3) is 0 Å². The van der Waals surface area contributed by atoms with Crippen molar-refractivity contribution in [2.75, 3.05) is 0 Å². The molecule has 0 saturated carbocycles. The van der Waals surface area contributed by atoms with Crippen LogP contribution in [0.4, 0.5) is 0 Å². The van der Waals surface area contributed by atoms with Crippen LogP contribution in [0.25, 0.3) is 16.9 Å². The van der Waals surface area contributed by atoms with Gasteiger partial charge in [-0.2, -0.15) is 9.78 Å². The van der Waals surface area contributed by atoms with Crippen molar-refractivity contribution in [2.45, 2.75) is 19.8 Å². The molecule has 3 rings (SSSR count). The molecule has 0 spiro atoms. The molecule has 0 amide bonds. The SMILES string of the molecule is CC(C)c1csc(-c2n[nH]c(=S)n2/N=C/C=C/c2ccccc2)n1. The van der Waals surface area contributed by atoms with Crippen LogP contribution in [0.5, 0.6) is 0 Å². The second kappa shape index (κ2) is 7.46. The van der Waals surface area contributed by atoms with Crippen LogP contribution < -0.4 is 0 Å². The highest BCUT2D eigenvalue weighted by atomic mass is 32.1. The van der Waals surface area contributed by atoms with E-state index in [1.54, 1.807) is 22.2 Å². The summed E-state index contributed by atoms with van der Waals surface area (Å²) in [7, 11) is 0. The van der Waals surface area contributed by atoms with Crippen LogP contribution in [0.15, 0.2) is 46.9 Å². The Bertz CT molecular complexity index is 916. The fourth-order valence-electron chi connectivity index (χ4n) is 2.01. The molecule has 0 fully saturated rings. The number of thiazole rings is 1. The number of H-pyrrole nitrogens is 1. The molecule has 3 aromatic rings. The topological polar surface area (TPSA) is 58.9 Å².